The zero-order valence-corrected chi connectivity index (χ0v) is 13.2. The summed E-state index contributed by atoms with van der Waals surface area (Å²) < 4.78 is 10.0. The molecule has 0 amide bonds. The van der Waals surface area contributed by atoms with Crippen LogP contribution < -0.4 is 5.76 Å². The number of ketones is 1. The first-order valence-electron chi connectivity index (χ1n) is 7.49. The van der Waals surface area contributed by atoms with Gasteiger partial charge in [0.25, 0.3) is 0 Å². The minimum atomic E-state index is -0.597. The standard InChI is InChI=1S/C16H15ClN2O4/c1-22-16(4-5-16)11-3-2-8(6-12(11)17)13(20)9-7-10(9)14-18-15(21)23-19-14/h2-3,6,9-10H,4-5,7H2,1H3,(H,18,19,21)/t9-,10-/m0/s1. The highest BCUT2D eigenvalue weighted by Crippen LogP contribution is 2.52. The van der Waals surface area contributed by atoms with Gasteiger partial charge in [-0.15, -0.1) is 0 Å². The van der Waals surface area contributed by atoms with Crippen molar-refractivity contribution >= 4 is 17.4 Å². The van der Waals surface area contributed by atoms with E-state index < -0.39 is 5.76 Å². The number of nitrogens with zero attached hydrogens (tertiary/aromatic N) is 1. The first-order chi connectivity index (χ1) is 11.0. The minimum Gasteiger partial charge on any atom is -0.373 e. The van der Waals surface area contributed by atoms with Crippen LogP contribution in [0.3, 0.4) is 0 Å². The molecule has 2 saturated carbocycles. The van der Waals surface area contributed by atoms with Crippen LogP contribution in [0.15, 0.2) is 27.5 Å². The Morgan fingerprint density at radius 3 is 2.83 bits per heavy atom. The van der Waals surface area contributed by atoms with Crippen LogP contribution in [0, 0.1) is 5.92 Å². The summed E-state index contributed by atoms with van der Waals surface area (Å²) in [6, 6.07) is 5.38. The Bertz CT molecular complexity index is 837. The maximum absolute atomic E-state index is 12.6. The number of methoxy groups -OCH3 is 1. The Morgan fingerprint density at radius 2 is 2.26 bits per heavy atom. The number of H-pyrrole nitrogens is 1. The van der Waals surface area contributed by atoms with E-state index in [1.165, 1.54) is 0 Å². The van der Waals surface area contributed by atoms with Crippen LogP contribution in [-0.4, -0.2) is 23.0 Å². The molecule has 0 radical (unpaired) electrons. The molecule has 0 aliphatic heterocycles. The smallest absolute Gasteiger partial charge is 0.373 e. The number of rotatable bonds is 5. The fraction of sp³-hybridized carbons (Fsp3) is 0.438. The third-order valence-corrected chi connectivity index (χ3v) is 5.09. The van der Waals surface area contributed by atoms with Crippen LogP contribution in [0.1, 0.15) is 46.9 Å². The molecule has 0 saturated heterocycles. The monoisotopic (exact) mass is 334 g/mol. The molecule has 6 nitrogen and oxygen atoms in total. The van der Waals surface area contributed by atoms with Gasteiger partial charge in [-0.25, -0.2) is 4.79 Å². The van der Waals surface area contributed by atoms with Gasteiger partial charge >= 0.3 is 5.76 Å². The molecular formula is C16H15ClN2O4. The van der Waals surface area contributed by atoms with Crippen LogP contribution in [0.5, 0.6) is 0 Å². The number of aromatic amines is 1. The van der Waals surface area contributed by atoms with E-state index in [2.05, 4.69) is 14.7 Å². The second kappa shape index (κ2) is 5.04. The molecule has 2 atom stereocenters. The molecular weight excluding hydrogens is 320 g/mol. The summed E-state index contributed by atoms with van der Waals surface area (Å²) in [5, 5.41) is 4.21. The summed E-state index contributed by atoms with van der Waals surface area (Å²) in [5.41, 5.74) is 1.23. The van der Waals surface area contributed by atoms with Crippen LogP contribution in [-0.2, 0) is 10.3 Å². The molecule has 2 aromatic rings. The van der Waals surface area contributed by atoms with Crippen LogP contribution in [0.4, 0.5) is 0 Å². The topological polar surface area (TPSA) is 85.2 Å². The van der Waals surface area contributed by atoms with Gasteiger partial charge in [-0.05, 0) is 25.3 Å². The first kappa shape index (κ1) is 14.7. The molecule has 1 N–H and O–H groups in total. The third kappa shape index (κ3) is 2.42. The maximum atomic E-state index is 12.6. The molecule has 1 aromatic heterocycles. The second-order valence-electron chi connectivity index (χ2n) is 6.19. The van der Waals surface area contributed by atoms with Crippen molar-refractivity contribution in [3.05, 3.63) is 50.7 Å². The molecule has 1 aromatic carbocycles. The van der Waals surface area contributed by atoms with Crippen LogP contribution >= 0.6 is 11.6 Å². The van der Waals surface area contributed by atoms with E-state index in [0.29, 0.717) is 22.8 Å². The summed E-state index contributed by atoms with van der Waals surface area (Å²) >= 11 is 6.35. The van der Waals surface area contributed by atoms with Gasteiger partial charge in [-0.1, -0.05) is 28.9 Å². The minimum absolute atomic E-state index is 0.00885. The van der Waals surface area contributed by atoms with Gasteiger partial charge in [-0.3, -0.25) is 14.3 Å². The molecule has 7 heteroatoms. The van der Waals surface area contributed by atoms with Gasteiger partial charge in [0, 0.05) is 35.1 Å². The van der Waals surface area contributed by atoms with Gasteiger partial charge in [0.1, 0.15) is 0 Å². The predicted molar refractivity (Wildman–Crippen MR) is 81.7 cm³/mol. The van der Waals surface area contributed by atoms with Crippen LogP contribution in [0.25, 0.3) is 0 Å². The van der Waals surface area contributed by atoms with Gasteiger partial charge < -0.3 is 4.74 Å². The number of carbonyl (C=O) groups excluding carboxylic acids is 1. The van der Waals surface area contributed by atoms with Gasteiger partial charge in [0.15, 0.2) is 11.6 Å². The highest BCUT2D eigenvalue weighted by Gasteiger charge is 2.48. The molecule has 0 unspecified atom stereocenters. The van der Waals surface area contributed by atoms with E-state index in [9.17, 15) is 9.59 Å². The van der Waals surface area contributed by atoms with Crippen molar-refractivity contribution in [2.24, 2.45) is 5.92 Å². The lowest BCUT2D eigenvalue weighted by Crippen LogP contribution is -2.11. The van der Waals surface area contributed by atoms with Gasteiger partial charge in [-0.2, -0.15) is 0 Å². The second-order valence-corrected chi connectivity index (χ2v) is 6.59. The Labute approximate surface area is 136 Å². The molecule has 0 spiro atoms. The average Bonchev–Trinajstić information content (AvgIpc) is 3.45. The average molecular weight is 335 g/mol. The molecule has 0 bridgehead atoms. The van der Waals surface area contributed by atoms with E-state index in [4.69, 9.17) is 16.3 Å². The van der Waals surface area contributed by atoms with E-state index in [1.54, 1.807) is 19.2 Å². The normalized spacial score (nSPS) is 24.4. The highest BCUT2D eigenvalue weighted by atomic mass is 35.5. The fourth-order valence-electron chi connectivity index (χ4n) is 3.14. The molecule has 2 aliphatic rings. The summed E-state index contributed by atoms with van der Waals surface area (Å²) in [6.45, 7) is 0. The predicted octanol–water partition coefficient (Wildman–Crippen LogP) is 2.64. The van der Waals surface area contributed by atoms with Crippen molar-refractivity contribution in [1.29, 1.82) is 0 Å². The largest absolute Gasteiger partial charge is 0.438 e. The Kier molecular flexibility index (Phi) is 3.21. The first-order valence-corrected chi connectivity index (χ1v) is 7.87. The SMILES string of the molecule is COC1(c2ccc(C(=O)[C@H]3C[C@@H]3c3noc(=O)[nH]3)cc2Cl)CC1. The van der Waals surface area contributed by atoms with E-state index >= 15 is 0 Å². The Hall–Kier alpha value is -1.92. The van der Waals surface area contributed by atoms with Crippen LogP contribution in [0.2, 0.25) is 5.02 Å². The molecule has 1 heterocycles. The van der Waals surface area contributed by atoms with Crippen molar-refractivity contribution in [3.8, 4) is 0 Å². The zero-order chi connectivity index (χ0) is 16.2. The number of nitrogens with one attached hydrogen (secondary N) is 1. The maximum Gasteiger partial charge on any atom is 0.438 e. The number of hydrogen-bond donors (Lipinski definition) is 1. The fourth-order valence-corrected chi connectivity index (χ4v) is 3.49. The van der Waals surface area contributed by atoms with Crippen molar-refractivity contribution < 1.29 is 14.1 Å². The van der Waals surface area contributed by atoms with Gasteiger partial charge in [0.2, 0.25) is 0 Å². The van der Waals surface area contributed by atoms with Crippen molar-refractivity contribution in [3.63, 3.8) is 0 Å². The number of aromatic nitrogens is 2. The molecule has 2 aliphatic carbocycles. The summed E-state index contributed by atoms with van der Waals surface area (Å²) in [5.74, 6) is -0.419. The lowest BCUT2D eigenvalue weighted by Gasteiger charge is -2.16. The number of ether oxygens (including phenoxy) is 1. The number of benzene rings is 1. The van der Waals surface area contributed by atoms with E-state index in [0.717, 1.165) is 18.4 Å². The van der Waals surface area contributed by atoms with Crippen molar-refractivity contribution in [2.45, 2.75) is 30.8 Å². The summed E-state index contributed by atoms with van der Waals surface area (Å²) in [4.78, 5) is 26.0. The molecule has 2 fully saturated rings. The quantitative estimate of drug-likeness (QED) is 0.849. The number of hydrogen-bond acceptors (Lipinski definition) is 5. The highest BCUT2D eigenvalue weighted by molar-refractivity contribution is 6.32. The van der Waals surface area contributed by atoms with E-state index in [1.807, 2.05) is 6.07 Å². The van der Waals surface area contributed by atoms with Crippen molar-refractivity contribution in [2.75, 3.05) is 7.11 Å². The lowest BCUT2D eigenvalue weighted by molar-refractivity contribution is 0.0789. The zero-order valence-electron chi connectivity index (χ0n) is 12.5. The number of halogens is 1. The number of carbonyl (C=O) groups is 1. The summed E-state index contributed by atoms with van der Waals surface area (Å²) in [6.07, 6.45) is 2.55. The molecule has 23 heavy (non-hydrogen) atoms. The Balaban J connectivity index is 1.54. The molecule has 120 valence electrons. The third-order valence-electron chi connectivity index (χ3n) is 4.77. The summed E-state index contributed by atoms with van der Waals surface area (Å²) in [7, 11) is 1.68. The Morgan fingerprint density at radius 1 is 1.48 bits per heavy atom. The van der Waals surface area contributed by atoms with E-state index in [-0.39, 0.29) is 23.2 Å². The molecule has 4 rings (SSSR count). The van der Waals surface area contributed by atoms with Crippen molar-refractivity contribution in [1.82, 2.24) is 10.1 Å². The number of Topliss-reactive ketones (excluding diaryl/α,β-unsaturated/α-hetero) is 1. The van der Waals surface area contributed by atoms with Gasteiger partial charge in [0.05, 0.1) is 5.60 Å². The lowest BCUT2D eigenvalue weighted by atomic mass is 10.0.